The van der Waals surface area contributed by atoms with Crippen molar-refractivity contribution in [1.82, 2.24) is 4.90 Å². The highest BCUT2D eigenvalue weighted by atomic mass is 32.1. The Morgan fingerprint density at radius 2 is 2.00 bits per heavy atom. The van der Waals surface area contributed by atoms with Crippen LogP contribution in [0, 0.1) is 12.8 Å². The average Bonchev–Trinajstić information content (AvgIpc) is 2.75. The van der Waals surface area contributed by atoms with Crippen molar-refractivity contribution in [3.63, 3.8) is 0 Å². The molecule has 106 valence electrons. The third-order valence-electron chi connectivity index (χ3n) is 3.43. The minimum Gasteiger partial charge on any atom is -0.296 e. The van der Waals surface area contributed by atoms with Gasteiger partial charge in [0.05, 0.1) is 17.3 Å². The zero-order chi connectivity index (χ0) is 14.0. The molecule has 1 aliphatic heterocycles. The average molecular weight is 291 g/mol. The molecule has 1 fully saturated rings. The molecule has 0 N–H and O–H groups in total. The standard InChI is InChI=1S/C13H16F3NOS/c1-9-2-3-12(19-9)11(18)8-17-6-4-10(5-7-17)13(14,15)16/h2-3,10H,4-8H2,1H3. The molecule has 2 nitrogen and oxygen atoms in total. The van der Waals surface area contributed by atoms with Gasteiger partial charge in [-0.15, -0.1) is 11.3 Å². The van der Waals surface area contributed by atoms with Gasteiger partial charge >= 0.3 is 6.18 Å². The lowest BCUT2D eigenvalue weighted by atomic mass is 9.96. The lowest BCUT2D eigenvalue weighted by molar-refractivity contribution is -0.184. The molecule has 0 atom stereocenters. The second kappa shape index (κ2) is 5.63. The number of alkyl halides is 3. The van der Waals surface area contributed by atoms with Crippen LogP contribution in [0.4, 0.5) is 13.2 Å². The summed E-state index contributed by atoms with van der Waals surface area (Å²) in [5.74, 6) is -1.20. The van der Waals surface area contributed by atoms with Crippen LogP contribution in [0.1, 0.15) is 27.4 Å². The van der Waals surface area contributed by atoms with Gasteiger partial charge in [-0.2, -0.15) is 13.2 Å². The number of nitrogens with zero attached hydrogens (tertiary/aromatic N) is 1. The summed E-state index contributed by atoms with van der Waals surface area (Å²) in [6.45, 7) is 2.85. The van der Waals surface area contributed by atoms with Crippen LogP contribution in [0.2, 0.25) is 0 Å². The van der Waals surface area contributed by atoms with E-state index in [9.17, 15) is 18.0 Å². The predicted molar refractivity (Wildman–Crippen MR) is 68.6 cm³/mol. The Kier molecular flexibility index (Phi) is 4.30. The monoisotopic (exact) mass is 291 g/mol. The summed E-state index contributed by atoms with van der Waals surface area (Å²) in [7, 11) is 0. The number of carbonyl (C=O) groups is 1. The van der Waals surface area contributed by atoms with Gasteiger partial charge in [0.15, 0.2) is 5.78 Å². The van der Waals surface area contributed by atoms with Crippen molar-refractivity contribution in [3.05, 3.63) is 21.9 Å². The van der Waals surface area contributed by atoms with Gasteiger partial charge in [0.25, 0.3) is 0 Å². The molecule has 2 heterocycles. The summed E-state index contributed by atoms with van der Waals surface area (Å²) < 4.78 is 37.5. The van der Waals surface area contributed by atoms with Gasteiger partial charge in [-0.25, -0.2) is 0 Å². The van der Waals surface area contributed by atoms with Crippen molar-refractivity contribution in [2.45, 2.75) is 25.9 Å². The van der Waals surface area contributed by atoms with Gasteiger partial charge < -0.3 is 0 Å². The third-order valence-corrected chi connectivity index (χ3v) is 4.47. The smallest absolute Gasteiger partial charge is 0.296 e. The number of ketones is 1. The number of likely N-dealkylation sites (tertiary alicyclic amines) is 1. The fourth-order valence-electron chi connectivity index (χ4n) is 2.28. The van der Waals surface area contributed by atoms with Crippen LogP contribution < -0.4 is 0 Å². The number of piperidine rings is 1. The van der Waals surface area contributed by atoms with Gasteiger partial charge in [0.1, 0.15) is 0 Å². The summed E-state index contributed by atoms with van der Waals surface area (Å²) in [4.78, 5) is 15.5. The van der Waals surface area contributed by atoms with E-state index >= 15 is 0 Å². The van der Waals surface area contributed by atoms with Crippen LogP contribution in [0.3, 0.4) is 0 Å². The van der Waals surface area contributed by atoms with E-state index in [1.165, 1.54) is 11.3 Å². The van der Waals surface area contributed by atoms with Crippen molar-refractivity contribution in [2.75, 3.05) is 19.6 Å². The molecule has 0 radical (unpaired) electrons. The minimum atomic E-state index is -4.10. The fourth-order valence-corrected chi connectivity index (χ4v) is 3.08. The largest absolute Gasteiger partial charge is 0.391 e. The molecule has 1 aromatic heterocycles. The Balaban J connectivity index is 1.84. The molecule has 0 bridgehead atoms. The van der Waals surface area contributed by atoms with E-state index in [4.69, 9.17) is 0 Å². The predicted octanol–water partition coefficient (Wildman–Crippen LogP) is 3.51. The van der Waals surface area contributed by atoms with E-state index in [2.05, 4.69) is 0 Å². The second-order valence-electron chi connectivity index (χ2n) is 4.93. The fraction of sp³-hybridized carbons (Fsp3) is 0.615. The Morgan fingerprint density at radius 1 is 1.37 bits per heavy atom. The van der Waals surface area contributed by atoms with Crippen LogP contribution in [0.25, 0.3) is 0 Å². The van der Waals surface area contributed by atoms with Crippen LogP contribution in [0.5, 0.6) is 0 Å². The molecule has 0 amide bonds. The molecule has 0 aromatic carbocycles. The Labute approximate surface area is 114 Å². The first-order valence-corrected chi connectivity index (χ1v) is 7.06. The van der Waals surface area contributed by atoms with E-state index in [0.29, 0.717) is 18.0 Å². The molecule has 19 heavy (non-hydrogen) atoms. The number of hydrogen-bond acceptors (Lipinski definition) is 3. The molecule has 0 saturated carbocycles. The number of thiophene rings is 1. The molecule has 0 aliphatic carbocycles. The van der Waals surface area contributed by atoms with Crippen LogP contribution in [-0.4, -0.2) is 36.5 Å². The molecular weight excluding hydrogens is 275 g/mol. The zero-order valence-corrected chi connectivity index (χ0v) is 11.5. The van der Waals surface area contributed by atoms with Crippen LogP contribution in [0.15, 0.2) is 12.1 Å². The van der Waals surface area contributed by atoms with Gasteiger partial charge in [-0.05, 0) is 45.0 Å². The molecule has 1 aliphatic rings. The molecule has 2 rings (SSSR count). The van der Waals surface area contributed by atoms with E-state index in [1.54, 1.807) is 6.07 Å². The summed E-state index contributed by atoms with van der Waals surface area (Å²) in [6.07, 6.45) is -3.90. The third kappa shape index (κ3) is 3.79. The van der Waals surface area contributed by atoms with E-state index in [0.717, 1.165) is 4.88 Å². The van der Waals surface area contributed by atoms with Crippen LogP contribution in [-0.2, 0) is 0 Å². The topological polar surface area (TPSA) is 20.3 Å². The lowest BCUT2D eigenvalue weighted by Gasteiger charge is -2.32. The van der Waals surface area contributed by atoms with Crippen molar-refractivity contribution >= 4 is 17.1 Å². The van der Waals surface area contributed by atoms with Crippen molar-refractivity contribution in [3.8, 4) is 0 Å². The summed E-state index contributed by atoms with van der Waals surface area (Å²) >= 11 is 1.43. The van der Waals surface area contributed by atoms with Crippen LogP contribution >= 0.6 is 11.3 Å². The maximum absolute atomic E-state index is 12.5. The zero-order valence-electron chi connectivity index (χ0n) is 10.7. The molecule has 0 unspecified atom stereocenters. The number of aryl methyl sites for hydroxylation is 1. The van der Waals surface area contributed by atoms with Crippen molar-refractivity contribution in [1.29, 1.82) is 0 Å². The van der Waals surface area contributed by atoms with E-state index in [-0.39, 0.29) is 25.2 Å². The van der Waals surface area contributed by atoms with Gasteiger partial charge in [-0.1, -0.05) is 0 Å². The van der Waals surface area contributed by atoms with E-state index < -0.39 is 12.1 Å². The highest BCUT2D eigenvalue weighted by Crippen LogP contribution is 2.34. The number of carbonyl (C=O) groups excluding carboxylic acids is 1. The molecule has 6 heteroatoms. The van der Waals surface area contributed by atoms with Crippen molar-refractivity contribution < 1.29 is 18.0 Å². The first kappa shape index (κ1) is 14.5. The lowest BCUT2D eigenvalue weighted by Crippen LogP contribution is -2.41. The van der Waals surface area contributed by atoms with E-state index in [1.807, 2.05) is 17.9 Å². The van der Waals surface area contributed by atoms with Gasteiger partial charge in [-0.3, -0.25) is 9.69 Å². The molecule has 0 spiro atoms. The number of hydrogen-bond donors (Lipinski definition) is 0. The summed E-state index contributed by atoms with van der Waals surface area (Å²) in [5.41, 5.74) is 0. The number of halogens is 3. The first-order chi connectivity index (χ1) is 8.86. The maximum Gasteiger partial charge on any atom is 0.391 e. The summed E-state index contributed by atoms with van der Waals surface area (Å²) in [6, 6.07) is 3.67. The quantitative estimate of drug-likeness (QED) is 0.794. The minimum absolute atomic E-state index is 0.00330. The number of rotatable bonds is 3. The molecule has 1 saturated heterocycles. The normalized spacial score (nSPS) is 18.7. The Morgan fingerprint density at radius 3 is 2.47 bits per heavy atom. The molecular formula is C13H16F3NOS. The summed E-state index contributed by atoms with van der Waals surface area (Å²) in [5, 5.41) is 0. The first-order valence-electron chi connectivity index (χ1n) is 6.25. The Hall–Kier alpha value is -0.880. The van der Waals surface area contributed by atoms with Crippen molar-refractivity contribution in [2.24, 2.45) is 5.92 Å². The number of Topliss-reactive ketones (excluding diaryl/α,β-unsaturated/α-hetero) is 1. The highest BCUT2D eigenvalue weighted by molar-refractivity contribution is 7.14. The highest BCUT2D eigenvalue weighted by Gasteiger charge is 2.41. The molecule has 1 aromatic rings. The van der Waals surface area contributed by atoms with Gasteiger partial charge in [0.2, 0.25) is 0 Å². The Bertz CT molecular complexity index is 447. The maximum atomic E-state index is 12.5. The van der Waals surface area contributed by atoms with Gasteiger partial charge in [0, 0.05) is 4.88 Å². The second-order valence-corrected chi connectivity index (χ2v) is 6.21. The SMILES string of the molecule is Cc1ccc(C(=O)CN2CCC(C(F)(F)F)CC2)s1.